The van der Waals surface area contributed by atoms with Crippen molar-refractivity contribution in [3.05, 3.63) is 16.4 Å². The van der Waals surface area contributed by atoms with Gasteiger partial charge in [0.25, 0.3) is 0 Å². The minimum absolute atomic E-state index is 0.131. The van der Waals surface area contributed by atoms with Gasteiger partial charge in [-0.25, -0.2) is 0 Å². The van der Waals surface area contributed by atoms with Gasteiger partial charge in [-0.05, 0) is 28.8 Å². The first-order chi connectivity index (χ1) is 7.61. The molecule has 1 atom stereocenters. The summed E-state index contributed by atoms with van der Waals surface area (Å²) in [5.41, 5.74) is 0.697. The van der Waals surface area contributed by atoms with Gasteiger partial charge in [-0.15, -0.1) is 0 Å². The van der Waals surface area contributed by atoms with E-state index >= 15 is 0 Å². The van der Waals surface area contributed by atoms with Crippen molar-refractivity contribution in [3.8, 4) is 0 Å². The van der Waals surface area contributed by atoms with E-state index in [1.165, 1.54) is 0 Å². The summed E-state index contributed by atoms with van der Waals surface area (Å²) in [4.78, 5) is 12.3. The molecule has 0 amide bonds. The molecular weight excluding hydrogens is 268 g/mol. The van der Waals surface area contributed by atoms with Crippen LogP contribution in [0.25, 0.3) is 0 Å². The predicted octanol–water partition coefficient (Wildman–Crippen LogP) is 3.58. The van der Waals surface area contributed by atoms with Crippen LogP contribution in [0, 0.1) is 5.92 Å². The Morgan fingerprint density at radius 2 is 2.25 bits per heavy atom. The highest BCUT2D eigenvalue weighted by molar-refractivity contribution is 9.10. The molecule has 0 saturated heterocycles. The van der Waals surface area contributed by atoms with Crippen LogP contribution in [0.15, 0.2) is 10.7 Å². The van der Waals surface area contributed by atoms with E-state index in [0.717, 1.165) is 30.2 Å². The third-order valence-corrected chi connectivity index (χ3v) is 3.48. The summed E-state index contributed by atoms with van der Waals surface area (Å²) in [6.45, 7) is 4.22. The first-order valence-electron chi connectivity index (χ1n) is 5.83. The lowest BCUT2D eigenvalue weighted by atomic mass is 9.93. The minimum Gasteiger partial charge on any atom is -0.292 e. The molecule has 0 aliphatic carbocycles. The van der Waals surface area contributed by atoms with E-state index in [-0.39, 0.29) is 11.7 Å². The summed E-state index contributed by atoms with van der Waals surface area (Å²) < 4.78 is 2.45. The second kappa shape index (κ2) is 6.18. The topological polar surface area (TPSA) is 34.9 Å². The minimum atomic E-state index is 0.131. The first kappa shape index (κ1) is 13.4. The van der Waals surface area contributed by atoms with Crippen LogP contribution in [0.5, 0.6) is 0 Å². The lowest BCUT2D eigenvalue weighted by Crippen LogP contribution is -2.18. The SMILES string of the molecule is CCCCC(CC)C(=O)c1c(Br)cnn1C. The second-order valence-corrected chi connectivity index (χ2v) is 4.93. The molecule has 1 aromatic heterocycles. The van der Waals surface area contributed by atoms with Gasteiger partial charge in [0, 0.05) is 13.0 Å². The molecule has 4 heteroatoms. The number of rotatable bonds is 6. The fraction of sp³-hybridized carbons (Fsp3) is 0.667. The van der Waals surface area contributed by atoms with Gasteiger partial charge >= 0.3 is 0 Å². The highest BCUT2D eigenvalue weighted by Crippen LogP contribution is 2.23. The molecule has 1 rings (SSSR count). The van der Waals surface area contributed by atoms with Crippen molar-refractivity contribution in [2.75, 3.05) is 0 Å². The summed E-state index contributed by atoms with van der Waals surface area (Å²) in [5, 5.41) is 4.08. The third-order valence-electron chi connectivity index (χ3n) is 2.90. The average Bonchev–Trinajstić information content (AvgIpc) is 2.59. The number of ketones is 1. The van der Waals surface area contributed by atoms with Crippen LogP contribution in [0.3, 0.4) is 0 Å². The normalized spacial score (nSPS) is 12.8. The highest BCUT2D eigenvalue weighted by atomic mass is 79.9. The Morgan fingerprint density at radius 3 is 2.69 bits per heavy atom. The van der Waals surface area contributed by atoms with Crippen LogP contribution in [-0.2, 0) is 7.05 Å². The molecule has 0 bridgehead atoms. The zero-order valence-electron chi connectivity index (χ0n) is 10.2. The molecule has 0 fully saturated rings. The Balaban J connectivity index is 2.82. The number of nitrogens with zero attached hydrogens (tertiary/aromatic N) is 2. The number of unbranched alkanes of at least 4 members (excludes halogenated alkanes) is 1. The number of Topliss-reactive ketones (excluding diaryl/α,β-unsaturated/α-hetero) is 1. The van der Waals surface area contributed by atoms with Crippen molar-refractivity contribution in [2.24, 2.45) is 13.0 Å². The van der Waals surface area contributed by atoms with Gasteiger partial charge in [-0.2, -0.15) is 5.10 Å². The van der Waals surface area contributed by atoms with E-state index in [9.17, 15) is 4.79 Å². The lowest BCUT2D eigenvalue weighted by molar-refractivity contribution is 0.0897. The Kier molecular flexibility index (Phi) is 5.19. The van der Waals surface area contributed by atoms with E-state index in [1.54, 1.807) is 10.9 Å². The third kappa shape index (κ3) is 2.94. The van der Waals surface area contributed by atoms with E-state index in [1.807, 2.05) is 7.05 Å². The highest BCUT2D eigenvalue weighted by Gasteiger charge is 2.22. The van der Waals surface area contributed by atoms with Crippen LogP contribution in [0.2, 0.25) is 0 Å². The molecule has 0 saturated carbocycles. The molecule has 1 heterocycles. The molecule has 0 aromatic carbocycles. The maximum Gasteiger partial charge on any atom is 0.185 e. The molecular formula is C12H19BrN2O. The number of aromatic nitrogens is 2. The van der Waals surface area contributed by atoms with Crippen LogP contribution in [0.1, 0.15) is 50.0 Å². The standard InChI is InChI=1S/C12H19BrN2O/c1-4-6-7-9(5-2)12(16)11-10(13)8-14-15(11)3/h8-9H,4-7H2,1-3H3. The molecule has 0 radical (unpaired) electrons. The van der Waals surface area contributed by atoms with E-state index in [2.05, 4.69) is 34.9 Å². The van der Waals surface area contributed by atoms with Gasteiger partial charge in [-0.1, -0.05) is 26.7 Å². The zero-order chi connectivity index (χ0) is 12.1. The smallest absolute Gasteiger partial charge is 0.185 e. The van der Waals surface area contributed by atoms with Gasteiger partial charge < -0.3 is 0 Å². The van der Waals surface area contributed by atoms with Gasteiger partial charge in [0.1, 0.15) is 5.69 Å². The van der Waals surface area contributed by atoms with Crippen molar-refractivity contribution in [1.82, 2.24) is 9.78 Å². The van der Waals surface area contributed by atoms with Crippen molar-refractivity contribution in [3.63, 3.8) is 0 Å². The summed E-state index contributed by atoms with van der Waals surface area (Å²) in [7, 11) is 1.81. The lowest BCUT2D eigenvalue weighted by Gasteiger charge is -2.13. The zero-order valence-corrected chi connectivity index (χ0v) is 11.7. The maximum absolute atomic E-state index is 12.3. The van der Waals surface area contributed by atoms with Gasteiger partial charge in [0.05, 0.1) is 10.7 Å². The molecule has 0 aliphatic heterocycles. The molecule has 0 aliphatic rings. The molecule has 0 N–H and O–H groups in total. The van der Waals surface area contributed by atoms with Crippen LogP contribution in [-0.4, -0.2) is 15.6 Å². The number of aryl methyl sites for hydroxylation is 1. The fourth-order valence-electron chi connectivity index (χ4n) is 1.85. The van der Waals surface area contributed by atoms with E-state index in [0.29, 0.717) is 5.69 Å². The number of carbonyl (C=O) groups is 1. The van der Waals surface area contributed by atoms with Gasteiger partial charge in [-0.3, -0.25) is 9.48 Å². The van der Waals surface area contributed by atoms with Gasteiger partial charge in [0.2, 0.25) is 0 Å². The largest absolute Gasteiger partial charge is 0.292 e. The summed E-state index contributed by atoms with van der Waals surface area (Å²) in [5.74, 6) is 0.342. The summed E-state index contributed by atoms with van der Waals surface area (Å²) in [6.07, 6.45) is 5.80. The Hall–Kier alpha value is -0.640. The monoisotopic (exact) mass is 286 g/mol. The van der Waals surface area contributed by atoms with Gasteiger partial charge in [0.15, 0.2) is 5.78 Å². The molecule has 16 heavy (non-hydrogen) atoms. The number of hydrogen-bond donors (Lipinski definition) is 0. The Labute approximate surface area is 105 Å². The molecule has 1 aromatic rings. The fourth-order valence-corrected chi connectivity index (χ4v) is 2.40. The van der Waals surface area contributed by atoms with Crippen molar-refractivity contribution < 1.29 is 4.79 Å². The van der Waals surface area contributed by atoms with Crippen LogP contribution < -0.4 is 0 Å². The molecule has 3 nitrogen and oxygen atoms in total. The first-order valence-corrected chi connectivity index (χ1v) is 6.62. The van der Waals surface area contributed by atoms with Crippen molar-refractivity contribution >= 4 is 21.7 Å². The van der Waals surface area contributed by atoms with Crippen molar-refractivity contribution in [2.45, 2.75) is 39.5 Å². The predicted molar refractivity (Wildman–Crippen MR) is 68.5 cm³/mol. The molecule has 0 spiro atoms. The number of hydrogen-bond acceptors (Lipinski definition) is 2. The Bertz CT molecular complexity index is 340. The number of halogens is 1. The Morgan fingerprint density at radius 1 is 1.56 bits per heavy atom. The maximum atomic E-state index is 12.3. The molecule has 90 valence electrons. The molecule has 1 unspecified atom stereocenters. The van der Waals surface area contributed by atoms with E-state index < -0.39 is 0 Å². The quantitative estimate of drug-likeness (QED) is 0.749. The number of carbonyl (C=O) groups excluding carboxylic acids is 1. The summed E-state index contributed by atoms with van der Waals surface area (Å²) in [6, 6.07) is 0. The summed E-state index contributed by atoms with van der Waals surface area (Å²) >= 11 is 3.38. The van der Waals surface area contributed by atoms with E-state index in [4.69, 9.17) is 0 Å². The van der Waals surface area contributed by atoms with Crippen LogP contribution in [0.4, 0.5) is 0 Å². The van der Waals surface area contributed by atoms with Crippen LogP contribution >= 0.6 is 15.9 Å². The van der Waals surface area contributed by atoms with Crippen molar-refractivity contribution in [1.29, 1.82) is 0 Å². The average molecular weight is 287 g/mol. The second-order valence-electron chi connectivity index (χ2n) is 4.08.